The largest absolute Gasteiger partial charge is 0.496 e. The molecule has 1 saturated heterocycles. The first-order chi connectivity index (χ1) is 14.1. The molecule has 1 aromatic carbocycles. The van der Waals surface area contributed by atoms with Crippen molar-refractivity contribution in [3.8, 4) is 5.75 Å². The van der Waals surface area contributed by atoms with Crippen LogP contribution in [0, 0.1) is 13.8 Å². The highest BCUT2D eigenvalue weighted by Gasteiger charge is 2.16. The number of aromatic nitrogens is 3. The molecule has 0 amide bonds. The maximum atomic E-state index is 5.72. The first-order valence-corrected chi connectivity index (χ1v) is 10.2. The van der Waals surface area contributed by atoms with E-state index in [4.69, 9.17) is 14.5 Å². The van der Waals surface area contributed by atoms with Gasteiger partial charge < -0.3 is 24.7 Å². The Morgan fingerprint density at radius 1 is 1.31 bits per heavy atom. The smallest absolute Gasteiger partial charge is 0.191 e. The molecule has 1 unspecified atom stereocenters. The molecule has 0 aliphatic carbocycles. The second kappa shape index (κ2) is 10.2. The van der Waals surface area contributed by atoms with Gasteiger partial charge in [-0.05, 0) is 44.7 Å². The van der Waals surface area contributed by atoms with Crippen LogP contribution in [-0.2, 0) is 24.8 Å². The first kappa shape index (κ1) is 21.1. The molecule has 1 fully saturated rings. The maximum absolute atomic E-state index is 5.72. The Morgan fingerprint density at radius 3 is 2.86 bits per heavy atom. The highest BCUT2D eigenvalue weighted by molar-refractivity contribution is 5.79. The van der Waals surface area contributed by atoms with Gasteiger partial charge in [0.2, 0.25) is 0 Å². The van der Waals surface area contributed by atoms with Crippen molar-refractivity contribution in [3.05, 3.63) is 41.0 Å². The van der Waals surface area contributed by atoms with Crippen LogP contribution in [0.2, 0.25) is 0 Å². The lowest BCUT2D eigenvalue weighted by atomic mass is 10.1. The lowest BCUT2D eigenvalue weighted by Crippen LogP contribution is -2.42. The topological polar surface area (TPSA) is 85.6 Å². The maximum Gasteiger partial charge on any atom is 0.191 e. The minimum atomic E-state index is 0.246. The van der Waals surface area contributed by atoms with Crippen LogP contribution in [0.4, 0.5) is 0 Å². The predicted octanol–water partition coefficient (Wildman–Crippen LogP) is 1.90. The number of aliphatic imine (C=N–C) groups is 1. The number of methoxy groups -OCH3 is 1. The third-order valence-corrected chi connectivity index (χ3v) is 5.21. The fourth-order valence-corrected chi connectivity index (χ4v) is 3.35. The van der Waals surface area contributed by atoms with Crippen molar-refractivity contribution in [3.63, 3.8) is 0 Å². The van der Waals surface area contributed by atoms with Crippen molar-refractivity contribution in [2.24, 2.45) is 12.0 Å². The molecule has 3 rings (SSSR count). The van der Waals surface area contributed by atoms with E-state index in [9.17, 15) is 0 Å². The summed E-state index contributed by atoms with van der Waals surface area (Å²) in [6, 6.07) is 6.25. The Labute approximate surface area is 172 Å². The highest BCUT2D eigenvalue weighted by Crippen LogP contribution is 2.19. The molecule has 1 aliphatic rings. The van der Waals surface area contributed by atoms with Crippen LogP contribution in [0.1, 0.15) is 35.6 Å². The van der Waals surface area contributed by atoms with Gasteiger partial charge in [-0.15, -0.1) is 10.2 Å². The Balaban J connectivity index is 1.61. The van der Waals surface area contributed by atoms with Crippen molar-refractivity contribution < 1.29 is 9.47 Å². The number of benzene rings is 1. The van der Waals surface area contributed by atoms with Crippen LogP contribution in [0.3, 0.4) is 0 Å². The van der Waals surface area contributed by atoms with E-state index >= 15 is 0 Å². The summed E-state index contributed by atoms with van der Waals surface area (Å²) in [6.45, 7) is 6.83. The summed E-state index contributed by atoms with van der Waals surface area (Å²) in [5.74, 6) is 3.38. The summed E-state index contributed by atoms with van der Waals surface area (Å²) < 4.78 is 13.2. The van der Waals surface area contributed by atoms with Crippen LogP contribution < -0.4 is 15.4 Å². The summed E-state index contributed by atoms with van der Waals surface area (Å²) in [5, 5.41) is 15.1. The van der Waals surface area contributed by atoms with Crippen molar-refractivity contribution in [1.82, 2.24) is 25.4 Å². The zero-order valence-electron chi connectivity index (χ0n) is 17.9. The fraction of sp³-hybridized carbons (Fsp3) is 0.571. The molecule has 2 aromatic rings. The van der Waals surface area contributed by atoms with Crippen LogP contribution in [-0.4, -0.2) is 53.6 Å². The summed E-state index contributed by atoms with van der Waals surface area (Å²) >= 11 is 0. The first-order valence-electron chi connectivity index (χ1n) is 10.2. The third-order valence-electron chi connectivity index (χ3n) is 5.21. The Bertz CT molecular complexity index is 827. The zero-order valence-corrected chi connectivity index (χ0v) is 17.9. The summed E-state index contributed by atoms with van der Waals surface area (Å²) in [6.07, 6.45) is 3.30. The molecule has 2 heterocycles. The lowest BCUT2D eigenvalue weighted by Gasteiger charge is -2.16. The molecular weight excluding hydrogens is 368 g/mol. The summed E-state index contributed by atoms with van der Waals surface area (Å²) in [4.78, 5) is 4.70. The lowest BCUT2D eigenvalue weighted by molar-refractivity contribution is 0.114. The van der Waals surface area contributed by atoms with E-state index in [0.29, 0.717) is 6.54 Å². The molecule has 29 heavy (non-hydrogen) atoms. The standard InChI is InChI=1S/C21H32N6O2/c1-15-7-8-19(28-4)17(12-15)9-10-22-21(23-13-18-6-5-11-29-18)24-14-20-26-25-16(2)27(20)3/h7-8,12,18H,5-6,9-11,13-14H2,1-4H3,(H2,22,23,24). The Morgan fingerprint density at radius 2 is 2.17 bits per heavy atom. The quantitative estimate of drug-likeness (QED) is 0.520. The van der Waals surface area contributed by atoms with Crippen LogP contribution in [0.15, 0.2) is 23.2 Å². The minimum Gasteiger partial charge on any atom is -0.496 e. The van der Waals surface area contributed by atoms with Crippen LogP contribution in [0.25, 0.3) is 0 Å². The monoisotopic (exact) mass is 400 g/mol. The van der Waals surface area contributed by atoms with Gasteiger partial charge in [0.05, 0.1) is 13.2 Å². The van der Waals surface area contributed by atoms with Gasteiger partial charge in [0.25, 0.3) is 0 Å². The predicted molar refractivity (Wildman–Crippen MR) is 113 cm³/mol. The van der Waals surface area contributed by atoms with Gasteiger partial charge >= 0.3 is 0 Å². The van der Waals surface area contributed by atoms with Gasteiger partial charge in [-0.25, -0.2) is 4.99 Å². The number of nitrogens with zero attached hydrogens (tertiary/aromatic N) is 4. The van der Waals surface area contributed by atoms with Gasteiger partial charge in [-0.3, -0.25) is 0 Å². The third kappa shape index (κ3) is 5.93. The molecule has 0 spiro atoms. The second-order valence-corrected chi connectivity index (χ2v) is 7.40. The van der Waals surface area contributed by atoms with Crippen molar-refractivity contribution >= 4 is 5.96 Å². The van der Waals surface area contributed by atoms with Gasteiger partial charge in [0.1, 0.15) is 18.1 Å². The zero-order chi connectivity index (χ0) is 20.6. The molecule has 1 aromatic heterocycles. The van der Waals surface area contributed by atoms with Gasteiger partial charge in [0.15, 0.2) is 11.8 Å². The average Bonchev–Trinajstić information content (AvgIpc) is 3.35. The number of hydrogen-bond acceptors (Lipinski definition) is 5. The van der Waals surface area contributed by atoms with E-state index < -0.39 is 0 Å². The summed E-state index contributed by atoms with van der Waals surface area (Å²) in [7, 11) is 3.66. The summed E-state index contributed by atoms with van der Waals surface area (Å²) in [5.41, 5.74) is 2.41. The molecule has 0 radical (unpaired) electrons. The molecule has 8 nitrogen and oxygen atoms in total. The van der Waals surface area contributed by atoms with E-state index in [0.717, 1.165) is 62.3 Å². The van der Waals surface area contributed by atoms with E-state index in [2.05, 4.69) is 39.9 Å². The molecule has 1 atom stereocenters. The Kier molecular flexibility index (Phi) is 7.46. The van der Waals surface area contributed by atoms with Crippen molar-refractivity contribution in [1.29, 1.82) is 0 Å². The number of guanidine groups is 1. The SMILES string of the molecule is COc1ccc(C)cc1CCNC(=NCc1nnc(C)n1C)NCC1CCCO1. The van der Waals surface area contributed by atoms with Crippen LogP contribution >= 0.6 is 0 Å². The number of nitrogens with one attached hydrogen (secondary N) is 2. The fourth-order valence-electron chi connectivity index (χ4n) is 3.35. The molecule has 2 N–H and O–H groups in total. The van der Waals surface area contributed by atoms with Gasteiger partial charge in [0, 0.05) is 26.7 Å². The van der Waals surface area contributed by atoms with E-state index in [-0.39, 0.29) is 6.10 Å². The van der Waals surface area contributed by atoms with Crippen LogP contribution in [0.5, 0.6) is 5.75 Å². The van der Waals surface area contributed by atoms with E-state index in [1.165, 1.54) is 11.1 Å². The molecule has 1 aliphatic heterocycles. The van der Waals surface area contributed by atoms with Crippen molar-refractivity contribution in [2.75, 3.05) is 26.8 Å². The van der Waals surface area contributed by atoms with Gasteiger partial charge in [-0.2, -0.15) is 0 Å². The average molecular weight is 401 g/mol. The molecule has 158 valence electrons. The van der Waals surface area contributed by atoms with Gasteiger partial charge in [-0.1, -0.05) is 17.7 Å². The number of ether oxygens (including phenoxy) is 2. The van der Waals surface area contributed by atoms with Crippen molar-refractivity contribution in [2.45, 2.75) is 45.8 Å². The van der Waals surface area contributed by atoms with E-state index in [1.807, 2.05) is 24.6 Å². The Hall–Kier alpha value is -2.61. The molecule has 8 heteroatoms. The molecule has 0 bridgehead atoms. The normalized spacial score (nSPS) is 16.8. The van der Waals surface area contributed by atoms with E-state index in [1.54, 1.807) is 7.11 Å². The second-order valence-electron chi connectivity index (χ2n) is 7.40. The highest BCUT2D eigenvalue weighted by atomic mass is 16.5. The minimum absolute atomic E-state index is 0.246. The molecular formula is C21H32N6O2. The number of aryl methyl sites for hydroxylation is 2. The number of hydrogen-bond donors (Lipinski definition) is 2. The number of rotatable bonds is 8. The molecule has 0 saturated carbocycles.